The Balaban J connectivity index is 1.61. The van der Waals surface area contributed by atoms with Crippen LogP contribution in [0.5, 0.6) is 0 Å². The summed E-state index contributed by atoms with van der Waals surface area (Å²) in [4.78, 5) is 5.64. The van der Waals surface area contributed by atoms with E-state index in [1.54, 1.807) is 0 Å². The van der Waals surface area contributed by atoms with Crippen LogP contribution in [0.25, 0.3) is 0 Å². The molecule has 2 aromatic rings. The van der Waals surface area contributed by atoms with Crippen LogP contribution < -0.4 is 10.8 Å². The van der Waals surface area contributed by atoms with Gasteiger partial charge in [-0.05, 0) is 5.56 Å². The van der Waals surface area contributed by atoms with Gasteiger partial charge in [0.25, 0.3) is 0 Å². The van der Waals surface area contributed by atoms with Crippen molar-refractivity contribution in [1.82, 2.24) is 20.6 Å². The summed E-state index contributed by atoms with van der Waals surface area (Å²) < 4.78 is 1.97. The Morgan fingerprint density at radius 1 is 1.43 bits per heavy atom. The highest BCUT2D eigenvalue weighted by Gasteiger charge is 2.23. The van der Waals surface area contributed by atoms with Crippen molar-refractivity contribution < 1.29 is 4.84 Å². The highest BCUT2D eigenvalue weighted by atomic mass is 16.6. The van der Waals surface area contributed by atoms with Crippen LogP contribution >= 0.6 is 0 Å². The topological polar surface area (TPSA) is 51.1 Å². The van der Waals surface area contributed by atoms with Crippen molar-refractivity contribution in [3.05, 3.63) is 66.0 Å². The predicted octanol–water partition coefficient (Wildman–Crippen LogP) is 1.93. The number of hydroxylamine groups is 1. The monoisotopic (exact) mass is 284 g/mol. The largest absolute Gasteiger partial charge is 0.309 e. The van der Waals surface area contributed by atoms with Crippen LogP contribution in [0.15, 0.2) is 49.2 Å². The van der Waals surface area contributed by atoms with E-state index < -0.39 is 0 Å². The molecule has 0 bridgehead atoms. The maximum atomic E-state index is 5.64. The van der Waals surface area contributed by atoms with Gasteiger partial charge < -0.3 is 5.32 Å². The van der Waals surface area contributed by atoms with E-state index in [-0.39, 0.29) is 6.04 Å². The first-order chi connectivity index (χ1) is 10.4. The maximum absolute atomic E-state index is 5.64. The minimum atomic E-state index is 0.121. The van der Waals surface area contributed by atoms with Crippen molar-refractivity contribution in [2.24, 2.45) is 0 Å². The van der Waals surface area contributed by atoms with Crippen LogP contribution in [0.2, 0.25) is 0 Å². The second-order valence-electron chi connectivity index (χ2n) is 5.09. The quantitative estimate of drug-likeness (QED) is 0.629. The fraction of sp³-hybridized carbons (Fsp3) is 0.312. The molecule has 3 rings (SSSR count). The van der Waals surface area contributed by atoms with Crippen LogP contribution in [-0.2, 0) is 24.5 Å². The van der Waals surface area contributed by atoms with Crippen LogP contribution in [0.3, 0.4) is 0 Å². The van der Waals surface area contributed by atoms with E-state index in [0.717, 1.165) is 25.2 Å². The third-order valence-corrected chi connectivity index (χ3v) is 3.61. The molecule has 1 aliphatic rings. The Bertz CT molecular complexity index is 594. The van der Waals surface area contributed by atoms with Gasteiger partial charge in [-0.2, -0.15) is 10.6 Å². The van der Waals surface area contributed by atoms with Crippen molar-refractivity contribution in [2.45, 2.75) is 25.7 Å². The van der Waals surface area contributed by atoms with Gasteiger partial charge in [-0.3, -0.25) is 9.52 Å². The van der Waals surface area contributed by atoms with Gasteiger partial charge in [-0.1, -0.05) is 36.4 Å². The molecule has 1 atom stereocenters. The van der Waals surface area contributed by atoms with E-state index in [9.17, 15) is 0 Å². The summed E-state index contributed by atoms with van der Waals surface area (Å²) in [6.07, 6.45) is 3.78. The number of nitrogens with zero attached hydrogens (tertiary/aromatic N) is 2. The summed E-state index contributed by atoms with van der Waals surface area (Å²) in [5.41, 5.74) is 6.68. The molecule has 1 aromatic heterocycles. The lowest BCUT2D eigenvalue weighted by Crippen LogP contribution is -2.36. The number of aromatic nitrogens is 2. The molecular formula is C16H20N4O. The normalized spacial score (nSPS) is 17.4. The van der Waals surface area contributed by atoms with Gasteiger partial charge in [0.2, 0.25) is 0 Å². The molecule has 0 radical (unpaired) electrons. The zero-order chi connectivity index (χ0) is 14.5. The van der Waals surface area contributed by atoms with E-state index in [1.807, 2.05) is 47.3 Å². The van der Waals surface area contributed by atoms with Crippen molar-refractivity contribution in [3.63, 3.8) is 0 Å². The Morgan fingerprint density at radius 2 is 2.29 bits per heavy atom. The van der Waals surface area contributed by atoms with Gasteiger partial charge in [-0.25, -0.2) is 0 Å². The van der Waals surface area contributed by atoms with Gasteiger partial charge in [0, 0.05) is 18.7 Å². The van der Waals surface area contributed by atoms with Gasteiger partial charge in [-0.15, -0.1) is 6.58 Å². The van der Waals surface area contributed by atoms with E-state index in [2.05, 4.69) is 22.5 Å². The lowest BCUT2D eigenvalue weighted by molar-refractivity contribution is 0.00133. The van der Waals surface area contributed by atoms with Crippen molar-refractivity contribution in [2.75, 3.05) is 6.54 Å². The first-order valence-electron chi connectivity index (χ1n) is 7.16. The molecule has 0 spiro atoms. The zero-order valence-electron chi connectivity index (χ0n) is 12.0. The molecule has 1 unspecified atom stereocenters. The molecule has 5 heteroatoms. The standard InChI is InChI=1S/C16H20N4O/c1-2-8-20-16-11-17-10-15(14(16)9-18-20)19-21-12-13-6-4-3-5-7-13/h2-7,9,15,17,19H,1,8,10-12H2. The summed E-state index contributed by atoms with van der Waals surface area (Å²) in [5, 5.41) is 7.80. The predicted molar refractivity (Wildman–Crippen MR) is 81.2 cm³/mol. The molecule has 0 amide bonds. The first kappa shape index (κ1) is 14.0. The van der Waals surface area contributed by atoms with Gasteiger partial charge >= 0.3 is 0 Å². The second-order valence-corrected chi connectivity index (χ2v) is 5.09. The average molecular weight is 284 g/mol. The van der Waals surface area contributed by atoms with Crippen molar-refractivity contribution in [1.29, 1.82) is 0 Å². The van der Waals surface area contributed by atoms with Crippen LogP contribution in [-0.4, -0.2) is 16.3 Å². The molecule has 0 aliphatic carbocycles. The van der Waals surface area contributed by atoms with Crippen molar-refractivity contribution >= 4 is 0 Å². The molecule has 0 fully saturated rings. The number of rotatable bonds is 6. The molecule has 2 N–H and O–H groups in total. The van der Waals surface area contributed by atoms with Gasteiger partial charge in [0.15, 0.2) is 0 Å². The SMILES string of the molecule is C=CCn1ncc2c1CNCC2NOCc1ccccc1. The number of allylic oxidation sites excluding steroid dienone is 1. The molecule has 1 aliphatic heterocycles. The van der Waals surface area contributed by atoms with E-state index in [4.69, 9.17) is 4.84 Å². The Labute approximate surface area is 124 Å². The molecule has 1 aromatic carbocycles. The minimum absolute atomic E-state index is 0.121. The summed E-state index contributed by atoms with van der Waals surface area (Å²) >= 11 is 0. The van der Waals surface area contributed by atoms with E-state index >= 15 is 0 Å². The fourth-order valence-electron chi connectivity index (χ4n) is 2.54. The summed E-state index contributed by atoms with van der Waals surface area (Å²) in [7, 11) is 0. The zero-order valence-corrected chi connectivity index (χ0v) is 12.0. The highest BCUT2D eigenvalue weighted by Crippen LogP contribution is 2.21. The lowest BCUT2D eigenvalue weighted by atomic mass is 10.1. The van der Waals surface area contributed by atoms with Crippen LogP contribution in [0, 0.1) is 0 Å². The molecule has 0 saturated carbocycles. The first-order valence-corrected chi connectivity index (χ1v) is 7.16. The number of nitrogens with one attached hydrogen (secondary N) is 2. The molecule has 5 nitrogen and oxygen atoms in total. The Morgan fingerprint density at radius 3 is 3.10 bits per heavy atom. The minimum Gasteiger partial charge on any atom is -0.309 e. The van der Waals surface area contributed by atoms with Gasteiger partial charge in [0.1, 0.15) is 0 Å². The van der Waals surface area contributed by atoms with E-state index in [0.29, 0.717) is 6.61 Å². The Kier molecular flexibility index (Phi) is 4.45. The highest BCUT2D eigenvalue weighted by molar-refractivity contribution is 5.25. The molecule has 0 saturated heterocycles. The molecule has 2 heterocycles. The van der Waals surface area contributed by atoms with Crippen LogP contribution in [0.1, 0.15) is 22.9 Å². The van der Waals surface area contributed by atoms with Crippen molar-refractivity contribution in [3.8, 4) is 0 Å². The maximum Gasteiger partial charge on any atom is 0.0933 e. The fourth-order valence-corrected chi connectivity index (χ4v) is 2.54. The average Bonchev–Trinajstić information content (AvgIpc) is 2.93. The number of hydrogen-bond acceptors (Lipinski definition) is 4. The third-order valence-electron chi connectivity index (χ3n) is 3.61. The number of fused-ring (bicyclic) bond motifs is 1. The molecular weight excluding hydrogens is 264 g/mol. The van der Waals surface area contributed by atoms with E-state index in [1.165, 1.54) is 11.3 Å². The number of benzene rings is 1. The third kappa shape index (κ3) is 3.21. The number of hydrogen-bond donors (Lipinski definition) is 2. The smallest absolute Gasteiger partial charge is 0.0933 e. The second kappa shape index (κ2) is 6.67. The molecule has 110 valence electrons. The summed E-state index contributed by atoms with van der Waals surface area (Å²) in [5.74, 6) is 0. The molecule has 21 heavy (non-hydrogen) atoms. The summed E-state index contributed by atoms with van der Waals surface area (Å²) in [6, 6.07) is 10.2. The van der Waals surface area contributed by atoms with Gasteiger partial charge in [0.05, 0.1) is 31.1 Å². The lowest BCUT2D eigenvalue weighted by Gasteiger charge is -2.24. The Hall–Kier alpha value is -1.95. The summed E-state index contributed by atoms with van der Waals surface area (Å²) in [6.45, 7) is 6.71. The van der Waals surface area contributed by atoms with Crippen LogP contribution in [0.4, 0.5) is 0 Å².